The topological polar surface area (TPSA) is 0 Å². The summed E-state index contributed by atoms with van der Waals surface area (Å²) < 4.78 is 0. The van der Waals surface area contributed by atoms with Crippen molar-refractivity contribution in [3.05, 3.63) is 132 Å². The Morgan fingerprint density at radius 3 is 1.61 bits per heavy atom. The monoisotopic (exact) mass is 422 g/mol. The number of hydrogen-bond donors (Lipinski definition) is 0. The van der Waals surface area contributed by atoms with Gasteiger partial charge in [0.25, 0.3) is 0 Å². The number of benzene rings is 5. The molecule has 1 aliphatic rings. The summed E-state index contributed by atoms with van der Waals surface area (Å²) in [4.78, 5) is 0. The minimum absolute atomic E-state index is 0.0207. The Kier molecular flexibility index (Phi) is 4.55. The molecule has 0 saturated heterocycles. The predicted molar refractivity (Wildman–Crippen MR) is 140 cm³/mol. The largest absolute Gasteiger partial charge is 0.0622 e. The van der Waals surface area contributed by atoms with E-state index in [-0.39, 0.29) is 5.41 Å². The molecular formula is C33H26. The van der Waals surface area contributed by atoms with E-state index in [4.69, 9.17) is 0 Å². The molecule has 0 bridgehead atoms. The van der Waals surface area contributed by atoms with Crippen LogP contribution in [0.2, 0.25) is 0 Å². The van der Waals surface area contributed by atoms with Gasteiger partial charge in [-0.15, -0.1) is 0 Å². The van der Waals surface area contributed by atoms with Crippen LogP contribution in [-0.2, 0) is 5.41 Å². The fourth-order valence-electron chi connectivity index (χ4n) is 5.25. The molecule has 0 radical (unpaired) electrons. The molecule has 0 saturated carbocycles. The SMILES string of the molecule is CC1(C)c2ccccc2-c2ccc(-c3cccc(-c4ccc(-c5ccccc5)cc4)c3)cc21. The van der Waals surface area contributed by atoms with Gasteiger partial charge in [-0.05, 0) is 67.8 Å². The molecule has 0 nitrogen and oxygen atoms in total. The van der Waals surface area contributed by atoms with Crippen LogP contribution in [0, 0.1) is 0 Å². The van der Waals surface area contributed by atoms with Gasteiger partial charge in [0, 0.05) is 5.41 Å². The maximum Gasteiger partial charge on any atom is 0.0159 e. The molecule has 0 heterocycles. The second kappa shape index (κ2) is 7.60. The Balaban J connectivity index is 1.36. The molecule has 5 aromatic rings. The van der Waals surface area contributed by atoms with Gasteiger partial charge < -0.3 is 0 Å². The van der Waals surface area contributed by atoms with Gasteiger partial charge >= 0.3 is 0 Å². The molecule has 6 rings (SSSR count). The van der Waals surface area contributed by atoms with Crippen molar-refractivity contribution < 1.29 is 0 Å². The Labute approximate surface area is 196 Å². The zero-order chi connectivity index (χ0) is 22.4. The van der Waals surface area contributed by atoms with Gasteiger partial charge in [-0.2, -0.15) is 0 Å². The molecule has 0 unspecified atom stereocenters. The molecule has 1 aliphatic carbocycles. The van der Waals surface area contributed by atoms with E-state index in [0.717, 1.165) is 0 Å². The minimum Gasteiger partial charge on any atom is -0.0622 e. The molecule has 0 fully saturated rings. The summed E-state index contributed by atoms with van der Waals surface area (Å²) >= 11 is 0. The standard InChI is InChI=1S/C33H26/c1-33(2)31-14-7-6-13-29(31)30-20-19-28(22-32(30)33)27-12-8-11-26(21-27)25-17-15-24(16-18-25)23-9-4-3-5-10-23/h3-22H,1-2H3. The maximum absolute atomic E-state index is 2.40. The van der Waals surface area contributed by atoms with Crippen molar-refractivity contribution in [1.29, 1.82) is 0 Å². The van der Waals surface area contributed by atoms with Crippen LogP contribution < -0.4 is 0 Å². The van der Waals surface area contributed by atoms with Gasteiger partial charge in [-0.1, -0.05) is 123 Å². The highest BCUT2D eigenvalue weighted by Gasteiger charge is 2.35. The molecule has 0 N–H and O–H groups in total. The van der Waals surface area contributed by atoms with Crippen molar-refractivity contribution >= 4 is 0 Å². The van der Waals surface area contributed by atoms with E-state index in [1.54, 1.807) is 0 Å². The Hall–Kier alpha value is -3.90. The zero-order valence-corrected chi connectivity index (χ0v) is 19.0. The molecular weight excluding hydrogens is 396 g/mol. The normalized spacial score (nSPS) is 13.4. The lowest BCUT2D eigenvalue weighted by Crippen LogP contribution is -2.14. The van der Waals surface area contributed by atoms with E-state index in [2.05, 4.69) is 135 Å². The van der Waals surface area contributed by atoms with Crippen molar-refractivity contribution in [3.8, 4) is 44.5 Å². The van der Waals surface area contributed by atoms with Crippen LogP contribution in [0.5, 0.6) is 0 Å². The van der Waals surface area contributed by atoms with Crippen molar-refractivity contribution in [3.63, 3.8) is 0 Å². The fourth-order valence-corrected chi connectivity index (χ4v) is 5.25. The van der Waals surface area contributed by atoms with Crippen LogP contribution in [0.1, 0.15) is 25.0 Å². The summed E-state index contributed by atoms with van der Waals surface area (Å²) in [7, 11) is 0. The summed E-state index contributed by atoms with van der Waals surface area (Å²) in [6.45, 7) is 4.68. The number of fused-ring (bicyclic) bond motifs is 3. The van der Waals surface area contributed by atoms with Crippen LogP contribution in [0.3, 0.4) is 0 Å². The highest BCUT2D eigenvalue weighted by molar-refractivity contribution is 5.84. The van der Waals surface area contributed by atoms with E-state index in [0.29, 0.717) is 0 Å². The predicted octanol–water partition coefficient (Wildman–Crippen LogP) is 8.99. The Bertz CT molecular complexity index is 1450. The van der Waals surface area contributed by atoms with Crippen LogP contribution in [0.4, 0.5) is 0 Å². The molecule has 5 aromatic carbocycles. The van der Waals surface area contributed by atoms with E-state index in [9.17, 15) is 0 Å². The average Bonchev–Trinajstić information content (AvgIpc) is 3.11. The molecule has 0 spiro atoms. The first-order chi connectivity index (χ1) is 16.1. The number of rotatable bonds is 3. The fraction of sp³-hybridized carbons (Fsp3) is 0.0909. The summed E-state index contributed by atoms with van der Waals surface area (Å²) in [5.74, 6) is 0. The van der Waals surface area contributed by atoms with E-state index in [1.165, 1.54) is 55.6 Å². The first-order valence-electron chi connectivity index (χ1n) is 11.6. The molecule has 0 amide bonds. The van der Waals surface area contributed by atoms with Crippen LogP contribution in [0.15, 0.2) is 121 Å². The van der Waals surface area contributed by atoms with Gasteiger partial charge in [0.15, 0.2) is 0 Å². The van der Waals surface area contributed by atoms with Crippen molar-refractivity contribution in [2.24, 2.45) is 0 Å². The first kappa shape index (κ1) is 19.8. The zero-order valence-electron chi connectivity index (χ0n) is 19.0. The third-order valence-electron chi connectivity index (χ3n) is 7.10. The summed E-state index contributed by atoms with van der Waals surface area (Å²) in [5.41, 5.74) is 13.1. The van der Waals surface area contributed by atoms with Gasteiger partial charge in [0.05, 0.1) is 0 Å². The van der Waals surface area contributed by atoms with Crippen LogP contribution >= 0.6 is 0 Å². The molecule has 0 aromatic heterocycles. The van der Waals surface area contributed by atoms with Gasteiger partial charge in [-0.25, -0.2) is 0 Å². The van der Waals surface area contributed by atoms with Crippen molar-refractivity contribution in [2.75, 3.05) is 0 Å². The van der Waals surface area contributed by atoms with Gasteiger partial charge in [0.1, 0.15) is 0 Å². The van der Waals surface area contributed by atoms with Gasteiger partial charge in [0.2, 0.25) is 0 Å². The third kappa shape index (κ3) is 3.31. The summed E-state index contributed by atoms with van der Waals surface area (Å²) in [6, 6.07) is 44.1. The maximum atomic E-state index is 2.40. The smallest absolute Gasteiger partial charge is 0.0159 e. The molecule has 33 heavy (non-hydrogen) atoms. The van der Waals surface area contributed by atoms with Crippen molar-refractivity contribution in [2.45, 2.75) is 19.3 Å². The van der Waals surface area contributed by atoms with Crippen LogP contribution in [0.25, 0.3) is 44.5 Å². The Morgan fingerprint density at radius 2 is 0.848 bits per heavy atom. The average molecular weight is 423 g/mol. The summed E-state index contributed by atoms with van der Waals surface area (Å²) in [6.07, 6.45) is 0. The van der Waals surface area contributed by atoms with E-state index >= 15 is 0 Å². The number of hydrogen-bond acceptors (Lipinski definition) is 0. The third-order valence-corrected chi connectivity index (χ3v) is 7.10. The van der Waals surface area contributed by atoms with E-state index in [1.807, 2.05) is 0 Å². The van der Waals surface area contributed by atoms with E-state index < -0.39 is 0 Å². The molecule has 158 valence electrons. The molecule has 0 atom stereocenters. The second-order valence-corrected chi connectivity index (χ2v) is 9.46. The minimum atomic E-state index is 0.0207. The quantitative estimate of drug-likeness (QED) is 0.272. The lowest BCUT2D eigenvalue weighted by Gasteiger charge is -2.22. The van der Waals surface area contributed by atoms with Crippen molar-refractivity contribution in [1.82, 2.24) is 0 Å². The Morgan fingerprint density at radius 1 is 0.364 bits per heavy atom. The molecule has 0 aliphatic heterocycles. The highest BCUT2D eigenvalue weighted by Crippen LogP contribution is 2.49. The second-order valence-electron chi connectivity index (χ2n) is 9.46. The van der Waals surface area contributed by atoms with Gasteiger partial charge in [-0.3, -0.25) is 0 Å². The lowest BCUT2D eigenvalue weighted by atomic mass is 9.81. The molecule has 0 heteroatoms. The first-order valence-corrected chi connectivity index (χ1v) is 11.6. The summed E-state index contributed by atoms with van der Waals surface area (Å²) in [5, 5.41) is 0. The highest BCUT2D eigenvalue weighted by atomic mass is 14.4. The van der Waals surface area contributed by atoms with Crippen LogP contribution in [-0.4, -0.2) is 0 Å². The lowest BCUT2D eigenvalue weighted by molar-refractivity contribution is 0.660.